The predicted molar refractivity (Wildman–Crippen MR) is 129 cm³/mol. The monoisotopic (exact) mass is 483 g/mol. The average Bonchev–Trinajstić information content (AvgIpc) is 3.48. The molecular formula is C24H30FN7O3. The SMILES string of the molecule is CN1CCN(C(=O)c2cc3cc(C4(N)N=CC(F)=C(N[C@@H]5CCC[C@@H]5C(N)=O)N4)ccc3o2)CC1. The first-order chi connectivity index (χ1) is 16.7. The number of nitrogens with one attached hydrogen (secondary N) is 2. The van der Waals surface area contributed by atoms with Crippen LogP contribution >= 0.6 is 0 Å². The summed E-state index contributed by atoms with van der Waals surface area (Å²) in [6, 6.07) is 6.63. The lowest BCUT2D eigenvalue weighted by Crippen LogP contribution is -2.54. The number of carbonyl (C=O) groups is 2. The van der Waals surface area contributed by atoms with Gasteiger partial charge in [0, 0.05) is 43.2 Å². The van der Waals surface area contributed by atoms with Crippen molar-refractivity contribution in [1.29, 1.82) is 0 Å². The van der Waals surface area contributed by atoms with Gasteiger partial charge in [0.05, 0.1) is 12.1 Å². The Labute approximate surface area is 202 Å². The number of furan rings is 1. The van der Waals surface area contributed by atoms with Gasteiger partial charge in [0.15, 0.2) is 11.6 Å². The minimum Gasteiger partial charge on any atom is -0.451 e. The Kier molecular flexibility index (Phi) is 5.97. The van der Waals surface area contributed by atoms with Gasteiger partial charge in [-0.3, -0.25) is 15.3 Å². The summed E-state index contributed by atoms with van der Waals surface area (Å²) in [5.41, 5.74) is 13.1. The average molecular weight is 484 g/mol. The summed E-state index contributed by atoms with van der Waals surface area (Å²) in [4.78, 5) is 32.8. The first kappa shape index (κ1) is 23.3. The van der Waals surface area contributed by atoms with Crippen LogP contribution < -0.4 is 22.1 Å². The highest BCUT2D eigenvalue weighted by molar-refractivity contribution is 5.96. The maximum absolute atomic E-state index is 14.6. The molecule has 0 radical (unpaired) electrons. The Morgan fingerprint density at radius 2 is 2.00 bits per heavy atom. The Balaban J connectivity index is 1.35. The van der Waals surface area contributed by atoms with Gasteiger partial charge < -0.3 is 30.6 Å². The third-order valence-electron chi connectivity index (χ3n) is 7.10. The molecule has 2 amide bonds. The summed E-state index contributed by atoms with van der Waals surface area (Å²) in [5.74, 6) is -2.65. The number of rotatable bonds is 5. The van der Waals surface area contributed by atoms with Gasteiger partial charge >= 0.3 is 0 Å². The van der Waals surface area contributed by atoms with Gasteiger partial charge in [-0.2, -0.15) is 0 Å². The van der Waals surface area contributed by atoms with Gasteiger partial charge in [-0.25, -0.2) is 9.38 Å². The molecule has 1 aromatic carbocycles. The van der Waals surface area contributed by atoms with Gasteiger partial charge in [-0.15, -0.1) is 0 Å². The molecule has 11 heteroatoms. The number of piperazine rings is 1. The number of fused-ring (bicyclic) bond motifs is 1. The van der Waals surface area contributed by atoms with E-state index in [0.717, 1.165) is 25.7 Å². The summed E-state index contributed by atoms with van der Waals surface area (Å²) in [6.07, 6.45) is 3.26. The first-order valence-electron chi connectivity index (χ1n) is 11.8. The van der Waals surface area contributed by atoms with Crippen molar-refractivity contribution in [3.8, 4) is 0 Å². The van der Waals surface area contributed by atoms with E-state index in [-0.39, 0.29) is 29.4 Å². The third-order valence-corrected chi connectivity index (χ3v) is 7.10. The van der Waals surface area contributed by atoms with Gasteiger partial charge in [0.2, 0.25) is 11.7 Å². The van der Waals surface area contributed by atoms with Gasteiger partial charge in [0.25, 0.3) is 5.91 Å². The number of allylic oxidation sites excluding steroid dienone is 1. The molecule has 2 aliphatic heterocycles. The number of hydrogen-bond acceptors (Lipinski definition) is 8. The van der Waals surface area contributed by atoms with E-state index >= 15 is 0 Å². The Morgan fingerprint density at radius 1 is 1.23 bits per heavy atom. The predicted octanol–water partition coefficient (Wildman–Crippen LogP) is 0.946. The van der Waals surface area contributed by atoms with Crippen LogP contribution in [0.15, 0.2) is 45.3 Å². The summed E-state index contributed by atoms with van der Waals surface area (Å²) in [7, 11) is 2.03. The fraction of sp³-hybridized carbons (Fsp3) is 0.458. The highest BCUT2D eigenvalue weighted by Crippen LogP contribution is 2.30. The molecule has 6 N–H and O–H groups in total. The van der Waals surface area contributed by atoms with E-state index in [1.807, 2.05) is 7.05 Å². The van der Waals surface area contributed by atoms with Gasteiger partial charge in [-0.1, -0.05) is 6.42 Å². The number of primary amides is 1. The lowest BCUT2D eigenvalue weighted by atomic mass is 10.0. The quantitative estimate of drug-likeness (QED) is 0.496. The second kappa shape index (κ2) is 8.97. The van der Waals surface area contributed by atoms with Gasteiger partial charge in [0.1, 0.15) is 11.4 Å². The highest BCUT2D eigenvalue weighted by atomic mass is 19.1. The van der Waals surface area contributed by atoms with Crippen molar-refractivity contribution < 1.29 is 18.4 Å². The van der Waals surface area contributed by atoms with E-state index < -0.39 is 17.5 Å². The molecule has 0 bridgehead atoms. The van der Waals surface area contributed by atoms with Gasteiger partial charge in [-0.05, 0) is 44.2 Å². The molecule has 35 heavy (non-hydrogen) atoms. The van der Waals surface area contributed by atoms with Crippen LogP contribution in [0.2, 0.25) is 0 Å². The number of halogens is 1. The van der Waals surface area contributed by atoms with Crippen LogP contribution in [0, 0.1) is 5.92 Å². The molecule has 186 valence electrons. The van der Waals surface area contributed by atoms with Crippen molar-refractivity contribution in [3.63, 3.8) is 0 Å². The van der Waals surface area contributed by atoms with Crippen LogP contribution in [-0.4, -0.2) is 67.1 Å². The topological polar surface area (TPSA) is 142 Å². The second-order valence-corrected chi connectivity index (χ2v) is 9.52. The molecule has 1 unspecified atom stereocenters. The molecule has 0 spiro atoms. The molecule has 1 saturated heterocycles. The minimum absolute atomic E-state index is 0.0684. The zero-order chi connectivity index (χ0) is 24.7. The van der Waals surface area contributed by atoms with E-state index in [2.05, 4.69) is 20.5 Å². The van der Waals surface area contributed by atoms with Crippen molar-refractivity contribution in [3.05, 3.63) is 47.2 Å². The van der Waals surface area contributed by atoms with Crippen LogP contribution in [0.4, 0.5) is 4.39 Å². The molecule has 1 saturated carbocycles. The number of nitrogens with two attached hydrogens (primary N) is 2. The number of carbonyl (C=O) groups excluding carboxylic acids is 2. The second-order valence-electron chi connectivity index (χ2n) is 9.52. The van der Waals surface area contributed by atoms with E-state index in [0.29, 0.717) is 42.5 Å². The lowest BCUT2D eigenvalue weighted by Gasteiger charge is -2.34. The molecule has 3 aliphatic rings. The molecule has 5 rings (SSSR count). The Morgan fingerprint density at radius 3 is 2.74 bits per heavy atom. The van der Waals surface area contributed by atoms with Crippen LogP contribution in [-0.2, 0) is 10.6 Å². The number of benzene rings is 1. The summed E-state index contributed by atoms with van der Waals surface area (Å²) < 4.78 is 20.4. The summed E-state index contributed by atoms with van der Waals surface area (Å²) in [5, 5.41) is 6.70. The summed E-state index contributed by atoms with van der Waals surface area (Å²) >= 11 is 0. The van der Waals surface area contributed by atoms with Crippen molar-refractivity contribution in [1.82, 2.24) is 20.4 Å². The molecule has 10 nitrogen and oxygen atoms in total. The standard InChI is InChI=1S/C24H30FN7O3/c1-31-7-9-32(10-8-31)23(34)20-12-14-11-15(5-6-19(14)35-20)24(27)28-13-17(25)22(30-24)29-18-4-2-3-16(18)21(26)33/h5-6,11-13,16,18,29-30H,2-4,7-10,27H2,1H3,(H2,26,33)/t16-,18+,24?/m0/s1. The third kappa shape index (κ3) is 4.48. The van der Waals surface area contributed by atoms with E-state index in [9.17, 15) is 14.0 Å². The van der Waals surface area contributed by atoms with Crippen LogP contribution in [0.5, 0.6) is 0 Å². The van der Waals surface area contributed by atoms with Crippen molar-refractivity contribution in [2.45, 2.75) is 31.1 Å². The number of likely N-dealkylation sites (N-methyl/N-ethyl adjacent to an activating group) is 1. The number of hydrogen-bond donors (Lipinski definition) is 4. The largest absolute Gasteiger partial charge is 0.451 e. The molecular weight excluding hydrogens is 453 g/mol. The number of amides is 2. The van der Waals surface area contributed by atoms with Crippen molar-refractivity contribution in [2.24, 2.45) is 22.4 Å². The first-order valence-corrected chi connectivity index (χ1v) is 11.8. The molecule has 2 aromatic rings. The highest BCUT2D eigenvalue weighted by Gasteiger charge is 2.36. The van der Waals surface area contributed by atoms with E-state index in [1.165, 1.54) is 0 Å². The normalized spacial score (nSPS) is 27.3. The van der Waals surface area contributed by atoms with Crippen molar-refractivity contribution >= 4 is 29.0 Å². The lowest BCUT2D eigenvalue weighted by molar-refractivity contribution is -0.122. The smallest absolute Gasteiger partial charge is 0.289 e. The molecule has 1 aliphatic carbocycles. The zero-order valence-electron chi connectivity index (χ0n) is 19.6. The maximum atomic E-state index is 14.6. The number of aliphatic imine (C=N–C) groups is 1. The number of nitrogens with zero attached hydrogens (tertiary/aromatic N) is 3. The maximum Gasteiger partial charge on any atom is 0.289 e. The minimum atomic E-state index is -1.45. The molecule has 1 aromatic heterocycles. The van der Waals surface area contributed by atoms with Crippen molar-refractivity contribution in [2.75, 3.05) is 33.2 Å². The molecule has 3 heterocycles. The Bertz CT molecular complexity index is 1220. The summed E-state index contributed by atoms with van der Waals surface area (Å²) in [6.45, 7) is 2.93. The Hall–Kier alpha value is -3.44. The fourth-order valence-corrected chi connectivity index (χ4v) is 4.97. The fourth-order valence-electron chi connectivity index (χ4n) is 4.97. The molecule has 3 atom stereocenters. The van der Waals surface area contributed by atoms with Crippen LogP contribution in [0.1, 0.15) is 35.4 Å². The molecule has 2 fully saturated rings. The zero-order valence-corrected chi connectivity index (χ0v) is 19.6. The van der Waals surface area contributed by atoms with E-state index in [1.54, 1.807) is 29.2 Å². The van der Waals surface area contributed by atoms with Crippen LogP contribution in [0.3, 0.4) is 0 Å². The van der Waals surface area contributed by atoms with Crippen LogP contribution in [0.25, 0.3) is 11.0 Å². The van der Waals surface area contributed by atoms with E-state index in [4.69, 9.17) is 15.9 Å².